The van der Waals surface area contributed by atoms with Crippen molar-refractivity contribution >= 4 is 0 Å². The van der Waals surface area contributed by atoms with Crippen molar-refractivity contribution in [2.45, 2.75) is 13.1 Å². The Hall–Kier alpha value is -1.06. The van der Waals surface area contributed by atoms with Crippen molar-refractivity contribution in [3.63, 3.8) is 0 Å². The average molecular weight is 158 g/mol. The van der Waals surface area contributed by atoms with Gasteiger partial charge >= 0.3 is 6.18 Å². The summed E-state index contributed by atoms with van der Waals surface area (Å²) in [7, 11) is 0. The van der Waals surface area contributed by atoms with Crippen LogP contribution in [-0.4, -0.2) is 4.98 Å². The zero-order chi connectivity index (χ0) is 8.48. The van der Waals surface area contributed by atoms with Crippen LogP contribution in [0, 0.1) is 25.4 Å². The van der Waals surface area contributed by atoms with E-state index >= 15 is 0 Å². The number of pyridine rings is 1. The Balaban J connectivity index is 3.14. The molecule has 0 saturated carbocycles. The van der Waals surface area contributed by atoms with Gasteiger partial charge in [-0.2, -0.15) is 13.2 Å². The third kappa shape index (κ3) is 1.69. The maximum Gasteiger partial charge on any atom is 0.418 e. The highest BCUT2D eigenvalue weighted by atomic mass is 19.4. The third-order valence-electron chi connectivity index (χ3n) is 1.13. The largest absolute Gasteiger partial charge is 0.418 e. The van der Waals surface area contributed by atoms with Crippen LogP contribution in [0.3, 0.4) is 0 Å². The van der Waals surface area contributed by atoms with Crippen LogP contribution < -0.4 is 0 Å². The van der Waals surface area contributed by atoms with Crippen molar-refractivity contribution in [3.05, 3.63) is 29.6 Å². The molecular formula is C7H3F3N. The van der Waals surface area contributed by atoms with Crippen LogP contribution in [-0.2, 0) is 6.18 Å². The minimum absolute atomic E-state index is 0.0347. The van der Waals surface area contributed by atoms with Gasteiger partial charge in [0.1, 0.15) is 6.20 Å². The molecule has 0 fully saturated rings. The maximum absolute atomic E-state index is 11.9. The van der Waals surface area contributed by atoms with Gasteiger partial charge in [0.2, 0.25) is 0 Å². The lowest BCUT2D eigenvalue weighted by molar-refractivity contribution is -0.138. The van der Waals surface area contributed by atoms with Gasteiger partial charge in [-0.3, -0.25) is 0 Å². The van der Waals surface area contributed by atoms with Gasteiger partial charge in [-0.1, -0.05) is 0 Å². The number of halogens is 3. The fraction of sp³-hybridized carbons (Fsp3) is 0.286. The molecule has 0 aliphatic heterocycles. The van der Waals surface area contributed by atoms with E-state index < -0.39 is 11.7 Å². The topological polar surface area (TPSA) is 12.9 Å². The van der Waals surface area contributed by atoms with Crippen molar-refractivity contribution in [2.24, 2.45) is 0 Å². The number of aryl methyl sites for hydroxylation is 1. The van der Waals surface area contributed by atoms with E-state index in [1.54, 1.807) is 0 Å². The van der Waals surface area contributed by atoms with Crippen molar-refractivity contribution in [1.82, 2.24) is 4.98 Å². The van der Waals surface area contributed by atoms with Gasteiger partial charge in [-0.05, 0) is 12.5 Å². The summed E-state index contributed by atoms with van der Waals surface area (Å²) in [6, 6.07) is 2.22. The molecule has 0 N–H and O–H groups in total. The monoisotopic (exact) mass is 158 g/mol. The summed E-state index contributed by atoms with van der Waals surface area (Å²) in [6.07, 6.45) is -0.429. The quantitative estimate of drug-likeness (QED) is 0.561. The molecule has 1 heterocycles. The standard InChI is InChI=1S/C7H3F3N/c1-5-2-3-11-4-6(5)7(8,9)10/h1H3. The fourth-order valence-corrected chi connectivity index (χ4v) is 0.618. The van der Waals surface area contributed by atoms with Gasteiger partial charge < -0.3 is 0 Å². The smallest absolute Gasteiger partial charge is 0.243 e. The second kappa shape index (κ2) is 2.53. The van der Waals surface area contributed by atoms with Crippen LogP contribution >= 0.6 is 0 Å². The van der Waals surface area contributed by atoms with Crippen LogP contribution in [0.25, 0.3) is 0 Å². The number of alkyl halides is 3. The molecule has 0 aromatic carbocycles. The first-order valence-electron chi connectivity index (χ1n) is 2.76. The van der Waals surface area contributed by atoms with Gasteiger partial charge in [-0.25, -0.2) is 4.98 Å². The van der Waals surface area contributed by atoms with Gasteiger partial charge in [0.25, 0.3) is 0 Å². The maximum atomic E-state index is 11.9. The Morgan fingerprint density at radius 1 is 1.36 bits per heavy atom. The van der Waals surface area contributed by atoms with Gasteiger partial charge in [0.15, 0.2) is 0 Å². The van der Waals surface area contributed by atoms with E-state index in [-0.39, 0.29) is 5.56 Å². The number of aromatic nitrogens is 1. The van der Waals surface area contributed by atoms with Crippen molar-refractivity contribution in [3.8, 4) is 0 Å². The Morgan fingerprint density at radius 3 is 2.36 bits per heavy atom. The number of nitrogens with zero attached hydrogens (tertiary/aromatic N) is 1. The number of hydrogen-bond donors (Lipinski definition) is 0. The molecule has 0 atom stereocenters. The first-order chi connectivity index (χ1) is 5.02. The summed E-state index contributed by atoms with van der Waals surface area (Å²) in [5.41, 5.74) is -0.913. The third-order valence-corrected chi connectivity index (χ3v) is 1.13. The summed E-state index contributed by atoms with van der Waals surface area (Å²) in [5.74, 6) is 0. The predicted molar refractivity (Wildman–Crippen MR) is 30.5 cm³/mol. The minimum atomic E-state index is -4.39. The van der Waals surface area contributed by atoms with E-state index in [4.69, 9.17) is 0 Å². The van der Waals surface area contributed by atoms with Crippen LogP contribution in [0.5, 0.6) is 0 Å². The van der Waals surface area contributed by atoms with Crippen molar-refractivity contribution in [1.29, 1.82) is 0 Å². The zero-order valence-electron chi connectivity index (χ0n) is 5.58. The molecule has 1 rings (SSSR count). The molecule has 1 nitrogen and oxygen atoms in total. The highest BCUT2D eigenvalue weighted by molar-refractivity contribution is 5.21. The molecule has 0 bridgehead atoms. The lowest BCUT2D eigenvalue weighted by atomic mass is 10.1. The van der Waals surface area contributed by atoms with E-state index in [0.717, 1.165) is 0 Å². The minimum Gasteiger partial charge on any atom is -0.243 e. The molecule has 1 aromatic rings. The predicted octanol–water partition coefficient (Wildman–Crippen LogP) is 1.81. The van der Waals surface area contributed by atoms with Crippen LogP contribution in [0.4, 0.5) is 13.2 Å². The van der Waals surface area contributed by atoms with Crippen molar-refractivity contribution < 1.29 is 13.2 Å². The van der Waals surface area contributed by atoms with Crippen LogP contribution in [0.15, 0.2) is 0 Å². The van der Waals surface area contributed by atoms with Gasteiger partial charge in [0, 0.05) is 6.07 Å². The highest BCUT2D eigenvalue weighted by Crippen LogP contribution is 2.29. The molecule has 1 aromatic heterocycles. The van der Waals surface area contributed by atoms with Gasteiger partial charge in [-0.15, -0.1) is 0 Å². The molecule has 4 heteroatoms. The molecule has 57 valence electrons. The summed E-state index contributed by atoms with van der Waals surface area (Å²) >= 11 is 0. The molecule has 0 aliphatic carbocycles. The highest BCUT2D eigenvalue weighted by Gasteiger charge is 2.32. The Labute approximate surface area is 61.9 Å². The Bertz CT molecular complexity index is 254. The van der Waals surface area contributed by atoms with Crippen molar-refractivity contribution in [2.75, 3.05) is 0 Å². The first-order valence-corrected chi connectivity index (χ1v) is 2.76. The lowest BCUT2D eigenvalue weighted by Gasteiger charge is -2.06. The van der Waals surface area contributed by atoms with E-state index in [0.29, 0.717) is 0 Å². The molecular weight excluding hydrogens is 155 g/mol. The summed E-state index contributed by atoms with van der Waals surface area (Å²) in [4.78, 5) is 3.09. The molecule has 0 amide bonds. The number of rotatable bonds is 0. The molecule has 11 heavy (non-hydrogen) atoms. The molecule has 0 spiro atoms. The average Bonchev–Trinajstić information content (AvgIpc) is 1.86. The van der Waals surface area contributed by atoms with E-state index in [9.17, 15) is 13.2 Å². The van der Waals surface area contributed by atoms with E-state index in [1.807, 2.05) is 6.20 Å². The summed E-state index contributed by atoms with van der Waals surface area (Å²) in [6.45, 7) is 1.29. The summed E-state index contributed by atoms with van der Waals surface area (Å²) in [5, 5.41) is 0. The fourth-order valence-electron chi connectivity index (χ4n) is 0.618. The molecule has 3 radical (unpaired) electrons. The SMILES string of the molecule is Cc1[c][c]n[c]c1C(F)(F)F. The lowest BCUT2D eigenvalue weighted by Crippen LogP contribution is -2.08. The second-order valence-electron chi connectivity index (χ2n) is 1.96. The second-order valence-corrected chi connectivity index (χ2v) is 1.96. The molecule has 0 unspecified atom stereocenters. The van der Waals surface area contributed by atoms with Gasteiger partial charge in [0.05, 0.1) is 11.8 Å². The zero-order valence-corrected chi connectivity index (χ0v) is 5.58. The number of hydrogen-bond acceptors (Lipinski definition) is 1. The molecule has 0 aliphatic rings. The van der Waals surface area contributed by atoms with Crippen LogP contribution in [0.1, 0.15) is 11.1 Å². The first kappa shape index (κ1) is 8.04. The Kier molecular flexibility index (Phi) is 1.85. The van der Waals surface area contributed by atoms with E-state index in [2.05, 4.69) is 17.2 Å². The van der Waals surface area contributed by atoms with E-state index in [1.165, 1.54) is 6.92 Å². The Morgan fingerprint density at radius 2 is 2.00 bits per heavy atom. The summed E-state index contributed by atoms with van der Waals surface area (Å²) < 4.78 is 35.8. The molecule has 0 saturated heterocycles. The van der Waals surface area contributed by atoms with Crippen LogP contribution in [0.2, 0.25) is 0 Å². The normalized spacial score (nSPS) is 11.6.